The summed E-state index contributed by atoms with van der Waals surface area (Å²) in [6, 6.07) is 7.78. The molecule has 25 heavy (non-hydrogen) atoms. The van der Waals surface area contributed by atoms with Gasteiger partial charge in [0.1, 0.15) is 16.1 Å². The molecule has 0 amide bonds. The molecule has 4 rings (SSSR count). The van der Waals surface area contributed by atoms with Gasteiger partial charge in [-0.3, -0.25) is 4.79 Å². The highest BCUT2D eigenvalue weighted by Crippen LogP contribution is 2.43. The predicted molar refractivity (Wildman–Crippen MR) is 99.6 cm³/mol. The van der Waals surface area contributed by atoms with Crippen LogP contribution in [0.25, 0.3) is 21.3 Å². The Kier molecular flexibility index (Phi) is 4.19. The minimum Gasteiger partial charge on any atom is -0.497 e. The van der Waals surface area contributed by atoms with Gasteiger partial charge in [-0.2, -0.15) is 0 Å². The van der Waals surface area contributed by atoms with E-state index in [1.165, 1.54) is 6.33 Å². The van der Waals surface area contributed by atoms with Crippen LogP contribution in [0.15, 0.2) is 35.4 Å². The maximum absolute atomic E-state index is 12.5. The summed E-state index contributed by atoms with van der Waals surface area (Å²) in [5, 5.41) is 11.0. The normalized spacial score (nSPS) is 17.4. The number of thiophene rings is 1. The quantitative estimate of drug-likeness (QED) is 0.750. The topological polar surface area (TPSA) is 78.5 Å². The molecule has 1 aromatic carbocycles. The van der Waals surface area contributed by atoms with E-state index in [4.69, 9.17) is 4.74 Å². The van der Waals surface area contributed by atoms with Crippen LogP contribution in [0.3, 0.4) is 0 Å². The minimum absolute atomic E-state index is 0.122. The number of nitrogens with one attached hydrogen (secondary N) is 1. The van der Waals surface area contributed by atoms with Crippen LogP contribution in [0.5, 0.6) is 5.75 Å². The Balaban J connectivity index is 1.85. The van der Waals surface area contributed by atoms with E-state index in [9.17, 15) is 9.90 Å². The lowest BCUT2D eigenvalue weighted by molar-refractivity contribution is 0.239. The number of hydrogen-bond donors (Lipinski definition) is 2. The zero-order chi connectivity index (χ0) is 17.4. The summed E-state index contributed by atoms with van der Waals surface area (Å²) in [4.78, 5) is 22.8. The summed E-state index contributed by atoms with van der Waals surface area (Å²) in [5.74, 6) is 1.05. The molecule has 0 radical (unpaired) electrons. The van der Waals surface area contributed by atoms with E-state index in [-0.39, 0.29) is 18.1 Å². The lowest BCUT2D eigenvalue weighted by atomic mass is 10.1. The van der Waals surface area contributed by atoms with Gasteiger partial charge in [-0.1, -0.05) is 0 Å². The molecule has 1 fully saturated rings. The summed E-state index contributed by atoms with van der Waals surface area (Å²) < 4.78 is 5.22. The van der Waals surface area contributed by atoms with Crippen LogP contribution >= 0.6 is 11.3 Å². The summed E-state index contributed by atoms with van der Waals surface area (Å²) >= 11 is 1.58. The van der Waals surface area contributed by atoms with E-state index in [1.807, 2.05) is 24.3 Å². The SMILES string of the molecule is COc1ccc(-c2sc(N3CC[C@H](CO)C3)c3c(=O)[nH]cnc23)cc1. The van der Waals surface area contributed by atoms with Crippen LogP contribution in [0.2, 0.25) is 0 Å². The number of rotatable bonds is 4. The monoisotopic (exact) mass is 357 g/mol. The number of hydrogen-bond acceptors (Lipinski definition) is 6. The van der Waals surface area contributed by atoms with Crippen molar-refractivity contribution in [3.8, 4) is 16.2 Å². The first-order valence-corrected chi connectivity index (χ1v) is 9.03. The lowest BCUT2D eigenvalue weighted by Gasteiger charge is -2.16. The molecule has 3 heterocycles. The highest BCUT2D eigenvalue weighted by Gasteiger charge is 2.27. The summed E-state index contributed by atoms with van der Waals surface area (Å²) in [7, 11) is 1.64. The lowest BCUT2D eigenvalue weighted by Crippen LogP contribution is -2.21. The number of aromatic nitrogens is 2. The summed E-state index contributed by atoms with van der Waals surface area (Å²) in [6.07, 6.45) is 2.39. The van der Waals surface area contributed by atoms with Gasteiger partial charge in [-0.15, -0.1) is 11.3 Å². The Morgan fingerprint density at radius 1 is 1.40 bits per heavy atom. The van der Waals surface area contributed by atoms with Crippen molar-refractivity contribution in [2.45, 2.75) is 6.42 Å². The highest BCUT2D eigenvalue weighted by molar-refractivity contribution is 7.21. The summed E-state index contributed by atoms with van der Waals surface area (Å²) in [6.45, 7) is 1.79. The van der Waals surface area contributed by atoms with Gasteiger partial charge in [-0.05, 0) is 36.2 Å². The molecule has 2 aromatic heterocycles. The van der Waals surface area contributed by atoms with Crippen LogP contribution in [-0.2, 0) is 0 Å². The number of aromatic amines is 1. The second-order valence-electron chi connectivity index (χ2n) is 6.20. The Hall–Kier alpha value is -2.38. The van der Waals surface area contributed by atoms with Crippen molar-refractivity contribution >= 4 is 27.2 Å². The number of anilines is 1. The fourth-order valence-electron chi connectivity index (χ4n) is 3.29. The zero-order valence-corrected chi connectivity index (χ0v) is 14.7. The number of methoxy groups -OCH3 is 1. The summed E-state index contributed by atoms with van der Waals surface area (Å²) in [5.41, 5.74) is 1.61. The van der Waals surface area contributed by atoms with Gasteiger partial charge < -0.3 is 19.7 Å². The molecule has 130 valence electrons. The molecule has 0 spiro atoms. The molecule has 2 N–H and O–H groups in total. The maximum atomic E-state index is 12.5. The molecular formula is C18H19N3O3S. The molecule has 1 atom stereocenters. The van der Waals surface area contributed by atoms with Crippen molar-refractivity contribution in [3.63, 3.8) is 0 Å². The van der Waals surface area contributed by atoms with Gasteiger partial charge in [0.05, 0.1) is 23.8 Å². The smallest absolute Gasteiger partial charge is 0.261 e. The molecule has 1 saturated heterocycles. The van der Waals surface area contributed by atoms with E-state index >= 15 is 0 Å². The van der Waals surface area contributed by atoms with Crippen molar-refractivity contribution in [2.24, 2.45) is 5.92 Å². The molecule has 3 aromatic rings. The van der Waals surface area contributed by atoms with Crippen molar-refractivity contribution in [1.82, 2.24) is 9.97 Å². The van der Waals surface area contributed by atoms with Crippen molar-refractivity contribution in [3.05, 3.63) is 40.9 Å². The Morgan fingerprint density at radius 3 is 2.88 bits per heavy atom. The first-order chi connectivity index (χ1) is 12.2. The first kappa shape index (κ1) is 16.1. The van der Waals surface area contributed by atoms with E-state index in [0.717, 1.165) is 46.2 Å². The van der Waals surface area contributed by atoms with Crippen LogP contribution in [0, 0.1) is 5.92 Å². The van der Waals surface area contributed by atoms with E-state index in [2.05, 4.69) is 14.9 Å². The van der Waals surface area contributed by atoms with Crippen molar-refractivity contribution < 1.29 is 9.84 Å². The molecule has 7 heteroatoms. The standard InChI is InChI=1S/C18H19N3O3S/c1-24-13-4-2-12(3-5-13)16-15-14(17(23)20-10-19-15)18(25-16)21-7-6-11(8-21)9-22/h2-5,10-11,22H,6-9H2,1H3,(H,19,20,23)/t11-/m0/s1. The number of H-pyrrole nitrogens is 1. The average Bonchev–Trinajstić information content (AvgIpc) is 3.27. The highest BCUT2D eigenvalue weighted by atomic mass is 32.1. The molecule has 0 bridgehead atoms. The van der Waals surface area contributed by atoms with Crippen LogP contribution in [0.4, 0.5) is 5.00 Å². The maximum Gasteiger partial charge on any atom is 0.261 e. The van der Waals surface area contributed by atoms with Gasteiger partial charge in [0, 0.05) is 25.6 Å². The average molecular weight is 357 g/mol. The minimum atomic E-state index is -0.122. The number of aliphatic hydroxyl groups is 1. The van der Waals surface area contributed by atoms with E-state index < -0.39 is 0 Å². The fourth-order valence-corrected chi connectivity index (χ4v) is 4.58. The third kappa shape index (κ3) is 2.79. The molecule has 0 aliphatic carbocycles. The molecule has 0 unspecified atom stereocenters. The van der Waals surface area contributed by atoms with Crippen LogP contribution in [-0.4, -0.2) is 41.9 Å². The second-order valence-corrected chi connectivity index (χ2v) is 7.20. The molecule has 6 nitrogen and oxygen atoms in total. The molecule has 1 aliphatic rings. The van der Waals surface area contributed by atoms with Gasteiger partial charge in [0.2, 0.25) is 0 Å². The Labute approximate surface area is 148 Å². The number of nitrogens with zero attached hydrogens (tertiary/aromatic N) is 2. The first-order valence-electron chi connectivity index (χ1n) is 8.21. The zero-order valence-electron chi connectivity index (χ0n) is 13.9. The number of aliphatic hydroxyl groups excluding tert-OH is 1. The van der Waals surface area contributed by atoms with Gasteiger partial charge in [0.25, 0.3) is 5.56 Å². The number of ether oxygens (including phenoxy) is 1. The van der Waals surface area contributed by atoms with Crippen LogP contribution < -0.4 is 15.2 Å². The Morgan fingerprint density at radius 2 is 2.20 bits per heavy atom. The second kappa shape index (κ2) is 6.50. The predicted octanol–water partition coefficient (Wildman–Crippen LogP) is 2.48. The number of benzene rings is 1. The molecular weight excluding hydrogens is 338 g/mol. The third-order valence-electron chi connectivity index (χ3n) is 4.66. The third-order valence-corrected chi connectivity index (χ3v) is 5.95. The van der Waals surface area contributed by atoms with Crippen molar-refractivity contribution in [1.29, 1.82) is 0 Å². The van der Waals surface area contributed by atoms with Gasteiger partial charge in [0.15, 0.2) is 0 Å². The Bertz CT molecular complexity index is 948. The van der Waals surface area contributed by atoms with Crippen LogP contribution in [0.1, 0.15) is 6.42 Å². The molecule has 0 saturated carbocycles. The largest absolute Gasteiger partial charge is 0.497 e. The fraction of sp³-hybridized carbons (Fsp3) is 0.333. The van der Waals surface area contributed by atoms with E-state index in [0.29, 0.717) is 5.39 Å². The molecule has 1 aliphatic heterocycles. The van der Waals surface area contributed by atoms with Crippen molar-refractivity contribution in [2.75, 3.05) is 31.7 Å². The van der Waals surface area contributed by atoms with E-state index in [1.54, 1.807) is 18.4 Å². The number of fused-ring (bicyclic) bond motifs is 1. The van der Waals surface area contributed by atoms with Gasteiger partial charge >= 0.3 is 0 Å². The van der Waals surface area contributed by atoms with Gasteiger partial charge in [-0.25, -0.2) is 4.98 Å².